The minimum absolute atomic E-state index is 0.254. The van der Waals surface area contributed by atoms with Gasteiger partial charge in [0.2, 0.25) is 0 Å². The average molecular weight is 545 g/mol. The Bertz CT molecular complexity index is 1760. The molecular formula is C38H28N2O2. The Morgan fingerprint density at radius 2 is 1.00 bits per heavy atom. The van der Waals surface area contributed by atoms with Crippen LogP contribution < -0.4 is 4.90 Å². The Morgan fingerprint density at radius 1 is 0.524 bits per heavy atom. The standard InChI is InChI=1S/C38H28N2O2/c41-38(42)36-19-11-10-18-35(36)37(28-20-24-31(25-21-28)39-30-12-4-1-5-13-30)29-22-26-34(27-23-29)40(32-14-6-2-7-15-32)33-16-8-3-9-17-33/h1-27H,(H,41,42). The van der Waals surface area contributed by atoms with Crippen molar-refractivity contribution in [3.05, 3.63) is 186 Å². The van der Waals surface area contributed by atoms with Crippen LogP contribution in [0.25, 0.3) is 5.57 Å². The van der Waals surface area contributed by atoms with Crippen LogP contribution in [0.4, 0.5) is 22.7 Å². The summed E-state index contributed by atoms with van der Waals surface area (Å²) in [6, 6.07) is 45.7. The number of anilines is 3. The van der Waals surface area contributed by atoms with Crippen LogP contribution in [-0.4, -0.2) is 16.8 Å². The van der Waals surface area contributed by atoms with Crippen molar-refractivity contribution in [1.29, 1.82) is 0 Å². The summed E-state index contributed by atoms with van der Waals surface area (Å²) in [6.45, 7) is 0. The molecule has 1 aliphatic carbocycles. The van der Waals surface area contributed by atoms with Gasteiger partial charge in [-0.1, -0.05) is 97.1 Å². The van der Waals surface area contributed by atoms with E-state index in [1.807, 2.05) is 103 Å². The van der Waals surface area contributed by atoms with Crippen LogP contribution >= 0.6 is 0 Å². The molecule has 5 aromatic carbocycles. The molecule has 0 atom stereocenters. The smallest absolute Gasteiger partial charge is 0.336 e. The number of carbonyl (C=O) groups is 1. The summed E-state index contributed by atoms with van der Waals surface area (Å²) < 4.78 is 0. The predicted octanol–water partition coefficient (Wildman–Crippen LogP) is 9.56. The Morgan fingerprint density at radius 3 is 1.55 bits per heavy atom. The van der Waals surface area contributed by atoms with Gasteiger partial charge in [-0.15, -0.1) is 0 Å². The molecule has 4 heteroatoms. The molecule has 0 spiro atoms. The van der Waals surface area contributed by atoms with E-state index < -0.39 is 5.97 Å². The van der Waals surface area contributed by atoms with Crippen LogP contribution in [0.1, 0.15) is 21.5 Å². The van der Waals surface area contributed by atoms with Gasteiger partial charge in [-0.2, -0.15) is 0 Å². The van der Waals surface area contributed by atoms with Crippen LogP contribution in [0.3, 0.4) is 0 Å². The van der Waals surface area contributed by atoms with Gasteiger partial charge in [-0.3, -0.25) is 0 Å². The largest absolute Gasteiger partial charge is 0.478 e. The van der Waals surface area contributed by atoms with Crippen molar-refractivity contribution in [3.8, 4) is 0 Å². The number of hydrogen-bond donors (Lipinski definition) is 1. The second kappa shape index (κ2) is 12.2. The number of hydrogen-bond acceptors (Lipinski definition) is 3. The number of nitrogens with zero attached hydrogens (tertiary/aromatic N) is 2. The molecule has 0 fully saturated rings. The Kier molecular flexibility index (Phi) is 7.69. The van der Waals surface area contributed by atoms with Crippen LogP contribution in [0.5, 0.6) is 0 Å². The SMILES string of the molecule is O=C(O)c1ccccc1C(=C1C=CC(=Nc2ccccc2)C=C1)c1ccc(N(c2ccccc2)c2ccccc2)cc1. The highest BCUT2D eigenvalue weighted by Gasteiger charge is 2.19. The number of aliphatic imine (C=N–C) groups is 1. The first kappa shape index (κ1) is 26.5. The minimum Gasteiger partial charge on any atom is -0.478 e. The fourth-order valence-electron chi connectivity index (χ4n) is 5.10. The van der Waals surface area contributed by atoms with Gasteiger partial charge in [-0.25, -0.2) is 9.79 Å². The molecule has 6 rings (SSSR count). The van der Waals surface area contributed by atoms with E-state index in [2.05, 4.69) is 53.4 Å². The zero-order chi connectivity index (χ0) is 28.7. The number of aromatic carboxylic acids is 1. The van der Waals surface area contributed by atoms with Crippen molar-refractivity contribution in [2.45, 2.75) is 0 Å². The molecule has 0 amide bonds. The molecular weight excluding hydrogens is 516 g/mol. The normalized spacial score (nSPS) is 12.2. The summed E-state index contributed by atoms with van der Waals surface area (Å²) in [4.78, 5) is 19.2. The average Bonchev–Trinajstić information content (AvgIpc) is 3.05. The molecule has 0 heterocycles. The molecule has 0 bridgehead atoms. The van der Waals surface area contributed by atoms with E-state index in [0.29, 0.717) is 5.56 Å². The van der Waals surface area contributed by atoms with Crippen molar-refractivity contribution in [2.24, 2.45) is 4.99 Å². The zero-order valence-corrected chi connectivity index (χ0v) is 22.8. The van der Waals surface area contributed by atoms with E-state index >= 15 is 0 Å². The first-order valence-corrected chi connectivity index (χ1v) is 13.7. The fraction of sp³-hybridized carbons (Fsp3) is 0. The van der Waals surface area contributed by atoms with Crippen molar-refractivity contribution in [2.75, 3.05) is 4.90 Å². The van der Waals surface area contributed by atoms with Gasteiger partial charge in [0.1, 0.15) is 0 Å². The molecule has 1 N–H and O–H groups in total. The van der Waals surface area contributed by atoms with Crippen molar-refractivity contribution >= 4 is 40.0 Å². The highest BCUT2D eigenvalue weighted by Crippen LogP contribution is 2.37. The lowest BCUT2D eigenvalue weighted by atomic mass is 9.88. The molecule has 1 aliphatic rings. The Hall–Kier alpha value is -5.74. The monoisotopic (exact) mass is 544 g/mol. The second-order valence-corrected chi connectivity index (χ2v) is 9.77. The number of rotatable bonds is 7. The predicted molar refractivity (Wildman–Crippen MR) is 172 cm³/mol. The highest BCUT2D eigenvalue weighted by molar-refractivity contribution is 6.08. The second-order valence-electron chi connectivity index (χ2n) is 9.77. The van der Waals surface area contributed by atoms with E-state index in [1.54, 1.807) is 12.1 Å². The summed E-state index contributed by atoms with van der Waals surface area (Å²) >= 11 is 0. The van der Waals surface area contributed by atoms with Crippen molar-refractivity contribution in [3.63, 3.8) is 0 Å². The van der Waals surface area contributed by atoms with Crippen molar-refractivity contribution < 1.29 is 9.90 Å². The lowest BCUT2D eigenvalue weighted by Gasteiger charge is -2.26. The number of carboxylic acids is 1. The summed E-state index contributed by atoms with van der Waals surface area (Å²) in [7, 11) is 0. The number of allylic oxidation sites excluding steroid dienone is 5. The molecule has 4 nitrogen and oxygen atoms in total. The maximum Gasteiger partial charge on any atom is 0.336 e. The van der Waals surface area contributed by atoms with Crippen LogP contribution in [0.15, 0.2) is 174 Å². The summed E-state index contributed by atoms with van der Waals surface area (Å²) in [5.41, 5.74) is 8.39. The Balaban J connectivity index is 1.45. The van der Waals surface area contributed by atoms with Gasteiger partial charge in [0.05, 0.1) is 17.0 Å². The van der Waals surface area contributed by atoms with Crippen molar-refractivity contribution in [1.82, 2.24) is 0 Å². The first-order chi connectivity index (χ1) is 20.7. The zero-order valence-electron chi connectivity index (χ0n) is 22.8. The highest BCUT2D eigenvalue weighted by atomic mass is 16.4. The molecule has 0 radical (unpaired) electrons. The van der Waals surface area contributed by atoms with Gasteiger partial charge >= 0.3 is 5.97 Å². The van der Waals surface area contributed by atoms with Gasteiger partial charge in [0.15, 0.2) is 0 Å². The van der Waals surface area contributed by atoms with E-state index in [1.165, 1.54) is 0 Å². The first-order valence-electron chi connectivity index (χ1n) is 13.7. The molecule has 42 heavy (non-hydrogen) atoms. The van der Waals surface area contributed by atoms with Gasteiger partial charge in [0.25, 0.3) is 0 Å². The molecule has 0 aromatic heterocycles. The number of benzene rings is 5. The van der Waals surface area contributed by atoms with Gasteiger partial charge in [0, 0.05) is 17.1 Å². The molecule has 5 aromatic rings. The third-order valence-corrected chi connectivity index (χ3v) is 7.04. The summed E-state index contributed by atoms with van der Waals surface area (Å²) in [5.74, 6) is -0.963. The van der Waals surface area contributed by atoms with E-state index in [0.717, 1.165) is 45.2 Å². The Labute approximate surface area is 245 Å². The molecule has 202 valence electrons. The fourth-order valence-corrected chi connectivity index (χ4v) is 5.10. The van der Waals surface area contributed by atoms with E-state index in [4.69, 9.17) is 4.99 Å². The topological polar surface area (TPSA) is 52.9 Å². The van der Waals surface area contributed by atoms with E-state index in [9.17, 15) is 9.90 Å². The number of para-hydroxylation sites is 3. The van der Waals surface area contributed by atoms with Crippen LogP contribution in [0.2, 0.25) is 0 Å². The van der Waals surface area contributed by atoms with Gasteiger partial charge in [-0.05, 0) is 89.0 Å². The third kappa shape index (κ3) is 5.74. The number of carboxylic acid groups (broad SMARTS) is 1. The summed E-state index contributed by atoms with van der Waals surface area (Å²) in [6.07, 6.45) is 7.94. The maximum atomic E-state index is 12.3. The molecule has 0 unspecified atom stereocenters. The van der Waals surface area contributed by atoms with Crippen LogP contribution in [-0.2, 0) is 0 Å². The van der Waals surface area contributed by atoms with Gasteiger partial charge < -0.3 is 10.0 Å². The lowest BCUT2D eigenvalue weighted by molar-refractivity contribution is 0.0696. The third-order valence-electron chi connectivity index (χ3n) is 7.04. The lowest BCUT2D eigenvalue weighted by Crippen LogP contribution is -2.10. The summed E-state index contributed by atoms with van der Waals surface area (Å²) in [5, 5.41) is 10.1. The molecule has 0 aliphatic heterocycles. The minimum atomic E-state index is -0.963. The molecule has 0 saturated heterocycles. The maximum absolute atomic E-state index is 12.3. The molecule has 0 saturated carbocycles. The van der Waals surface area contributed by atoms with E-state index in [-0.39, 0.29) is 5.56 Å². The van der Waals surface area contributed by atoms with Crippen LogP contribution in [0, 0.1) is 0 Å². The quantitative estimate of drug-likeness (QED) is 0.222.